The van der Waals surface area contributed by atoms with Crippen molar-refractivity contribution in [1.82, 2.24) is 4.98 Å². The van der Waals surface area contributed by atoms with Crippen LogP contribution in [0.2, 0.25) is 0 Å². The van der Waals surface area contributed by atoms with Crippen LogP contribution in [0.25, 0.3) is 0 Å². The Morgan fingerprint density at radius 3 is 2.13 bits per heavy atom. The van der Waals surface area contributed by atoms with Crippen LogP contribution in [0.1, 0.15) is 28.6 Å². The van der Waals surface area contributed by atoms with Gasteiger partial charge in [-0.3, -0.25) is 10.1 Å². The maximum atomic E-state index is 11.5. The van der Waals surface area contributed by atoms with E-state index in [1.165, 1.54) is 25.4 Å². The van der Waals surface area contributed by atoms with Crippen LogP contribution in [0.4, 0.5) is 30.9 Å². The predicted octanol–water partition coefficient (Wildman–Crippen LogP) is 4.40. The number of aliphatic imine (C=N–C) groups is 1. The molecule has 0 unspecified atom stereocenters. The topological polar surface area (TPSA) is 205 Å². The minimum atomic E-state index is -1.33. The predicted molar refractivity (Wildman–Crippen MR) is 148 cm³/mol. The number of hydrogen-bond donors (Lipinski definition) is 6. The fourth-order valence-corrected chi connectivity index (χ4v) is 4.26. The van der Waals surface area contributed by atoms with Gasteiger partial charge in [-0.25, -0.2) is 19.4 Å². The summed E-state index contributed by atoms with van der Waals surface area (Å²) in [6, 6.07) is 15.0. The second-order valence-corrected chi connectivity index (χ2v) is 8.86. The van der Waals surface area contributed by atoms with Gasteiger partial charge in [-0.05, 0) is 48.2 Å². The first-order valence-corrected chi connectivity index (χ1v) is 12.2. The average Bonchev–Trinajstić information content (AvgIpc) is 3.24. The molecular formula is C25H28N6O7S. The molecule has 14 heteroatoms. The van der Waals surface area contributed by atoms with E-state index in [0.29, 0.717) is 23.7 Å². The minimum Gasteiger partial charge on any atom is -0.465 e. The Kier molecular flexibility index (Phi) is 11.9. The van der Waals surface area contributed by atoms with Crippen molar-refractivity contribution >= 4 is 58.4 Å². The lowest BCUT2D eigenvalue weighted by Crippen LogP contribution is -2.10. The molecule has 0 atom stereocenters. The molecule has 0 radical (unpaired) electrons. The van der Waals surface area contributed by atoms with Gasteiger partial charge in [0.05, 0.1) is 19.1 Å². The van der Waals surface area contributed by atoms with E-state index < -0.39 is 18.3 Å². The van der Waals surface area contributed by atoms with Crippen molar-refractivity contribution in [2.24, 2.45) is 10.7 Å². The largest absolute Gasteiger partial charge is 0.465 e. The number of rotatable bonds is 9. The summed E-state index contributed by atoms with van der Waals surface area (Å²) >= 11 is 1.44. The maximum absolute atomic E-state index is 11.5. The number of nitrogens with zero attached hydrogens (tertiary/aromatic N) is 2. The van der Waals surface area contributed by atoms with Crippen LogP contribution in [0.15, 0.2) is 53.5 Å². The van der Waals surface area contributed by atoms with E-state index in [-0.39, 0.29) is 5.91 Å². The number of carbonyl (C=O) groups excluding carboxylic acids is 2. The molecule has 1 heterocycles. The SMILES string of the molecule is COC(=O)Nc1ccc(Cc2sc(NC(C)=O)nc2CCc2ccc(NC=NC(=O)O)cc2)cc1.NC(=O)O. The van der Waals surface area contributed by atoms with E-state index >= 15 is 0 Å². The van der Waals surface area contributed by atoms with Gasteiger partial charge in [-0.15, -0.1) is 11.3 Å². The molecule has 2 aromatic carbocycles. The Bertz CT molecular complexity index is 1300. The van der Waals surface area contributed by atoms with Gasteiger partial charge in [0.1, 0.15) is 0 Å². The van der Waals surface area contributed by atoms with Gasteiger partial charge >= 0.3 is 18.3 Å². The normalized spacial score (nSPS) is 10.2. The zero-order chi connectivity index (χ0) is 28.8. The van der Waals surface area contributed by atoms with Crippen molar-refractivity contribution in [2.45, 2.75) is 26.2 Å². The number of anilines is 3. The van der Waals surface area contributed by atoms with E-state index in [1.807, 2.05) is 36.4 Å². The third kappa shape index (κ3) is 11.7. The molecule has 0 aliphatic carbocycles. The van der Waals surface area contributed by atoms with E-state index in [0.717, 1.165) is 40.1 Å². The first kappa shape index (κ1) is 30.2. The van der Waals surface area contributed by atoms with Crippen molar-refractivity contribution in [3.63, 3.8) is 0 Å². The molecule has 39 heavy (non-hydrogen) atoms. The second-order valence-electron chi connectivity index (χ2n) is 7.78. The number of ether oxygens (including phenoxy) is 1. The lowest BCUT2D eigenvalue weighted by molar-refractivity contribution is -0.114. The smallest absolute Gasteiger partial charge is 0.432 e. The number of thiazole rings is 1. The maximum Gasteiger partial charge on any atom is 0.432 e. The van der Waals surface area contributed by atoms with Crippen LogP contribution in [0, 0.1) is 0 Å². The van der Waals surface area contributed by atoms with E-state index in [9.17, 15) is 14.4 Å². The molecule has 1 aromatic heterocycles. The number of carbonyl (C=O) groups is 4. The molecule has 3 aromatic rings. The summed E-state index contributed by atoms with van der Waals surface area (Å²) in [7, 11) is 1.31. The zero-order valence-electron chi connectivity index (χ0n) is 21.1. The fraction of sp³-hybridized carbons (Fsp3) is 0.200. The highest BCUT2D eigenvalue weighted by Crippen LogP contribution is 2.27. The van der Waals surface area contributed by atoms with Crippen LogP contribution in [0.5, 0.6) is 0 Å². The van der Waals surface area contributed by atoms with E-state index in [2.05, 4.69) is 36.4 Å². The first-order valence-electron chi connectivity index (χ1n) is 11.3. The molecular weight excluding hydrogens is 528 g/mol. The van der Waals surface area contributed by atoms with Gasteiger partial charge in [0, 0.05) is 29.6 Å². The fourth-order valence-electron chi connectivity index (χ4n) is 3.17. The summed E-state index contributed by atoms with van der Waals surface area (Å²) in [5.41, 5.74) is 8.43. The number of primary amides is 1. The quantitative estimate of drug-likeness (QED) is 0.163. The zero-order valence-corrected chi connectivity index (χ0v) is 21.9. The van der Waals surface area contributed by atoms with E-state index in [1.54, 1.807) is 12.1 Å². The summed E-state index contributed by atoms with van der Waals surface area (Å²) in [6.45, 7) is 1.45. The third-order valence-electron chi connectivity index (χ3n) is 4.82. The summed E-state index contributed by atoms with van der Waals surface area (Å²) in [6.07, 6.45) is 0.0555. The number of aromatic nitrogens is 1. The number of hydrogen-bond acceptors (Lipinski definition) is 7. The van der Waals surface area contributed by atoms with Crippen molar-refractivity contribution in [3.05, 3.63) is 70.2 Å². The summed E-state index contributed by atoms with van der Waals surface area (Å²) in [5, 5.41) is 24.5. The third-order valence-corrected chi connectivity index (χ3v) is 5.84. The Morgan fingerprint density at radius 2 is 1.56 bits per heavy atom. The van der Waals surface area contributed by atoms with Gasteiger partial charge in [-0.2, -0.15) is 4.99 Å². The lowest BCUT2D eigenvalue weighted by Gasteiger charge is -2.07. The van der Waals surface area contributed by atoms with Crippen LogP contribution in [-0.2, 0) is 28.8 Å². The molecule has 0 saturated heterocycles. The summed E-state index contributed by atoms with van der Waals surface area (Å²) < 4.78 is 4.60. The molecule has 0 bridgehead atoms. The minimum absolute atomic E-state index is 0.176. The second kappa shape index (κ2) is 15.3. The highest BCUT2D eigenvalue weighted by atomic mass is 32.1. The molecule has 13 nitrogen and oxygen atoms in total. The number of benzene rings is 2. The molecule has 3 rings (SSSR count). The van der Waals surface area contributed by atoms with Gasteiger partial charge in [0.25, 0.3) is 0 Å². The standard InChI is InChI=1S/C24H25N5O5S.CH3NO2/c1-15(30)27-22-29-20(12-7-16-3-8-18(9-4-16)25-14-26-23(31)32)21(35-22)13-17-5-10-19(11-6-17)28-24(33)34-2;2-1(3)4/h3-6,8-11,14H,7,12-13H2,1-2H3,(H,25,26)(H,28,33)(H,31,32)(H,27,29,30);2H2,(H,3,4). The number of nitrogens with two attached hydrogens (primary N) is 1. The Hall–Kier alpha value is -4.98. The Morgan fingerprint density at radius 1 is 0.974 bits per heavy atom. The van der Waals surface area contributed by atoms with Crippen molar-refractivity contribution in [2.75, 3.05) is 23.1 Å². The molecule has 206 valence electrons. The Balaban J connectivity index is 0.00000124. The molecule has 7 N–H and O–H groups in total. The molecule has 4 amide bonds. The molecule has 0 saturated carbocycles. The van der Waals surface area contributed by atoms with Gasteiger partial charge in [-0.1, -0.05) is 24.3 Å². The number of carboxylic acid groups (broad SMARTS) is 2. The van der Waals surface area contributed by atoms with Crippen molar-refractivity contribution in [1.29, 1.82) is 0 Å². The number of nitrogens with one attached hydrogen (secondary N) is 3. The van der Waals surface area contributed by atoms with Crippen LogP contribution in [0.3, 0.4) is 0 Å². The van der Waals surface area contributed by atoms with E-state index in [4.69, 9.17) is 15.0 Å². The molecule has 0 aliphatic heterocycles. The van der Waals surface area contributed by atoms with Gasteiger partial charge in [0.2, 0.25) is 5.91 Å². The van der Waals surface area contributed by atoms with Crippen LogP contribution < -0.4 is 21.7 Å². The first-order chi connectivity index (χ1) is 18.5. The van der Waals surface area contributed by atoms with Gasteiger partial charge in [0.15, 0.2) is 5.13 Å². The van der Waals surface area contributed by atoms with Crippen LogP contribution in [-0.4, -0.2) is 52.8 Å². The number of aryl methyl sites for hydroxylation is 2. The molecule has 0 spiro atoms. The Labute approximate surface area is 227 Å². The van der Waals surface area contributed by atoms with Crippen LogP contribution >= 0.6 is 11.3 Å². The summed E-state index contributed by atoms with van der Waals surface area (Å²) in [4.78, 5) is 51.0. The lowest BCUT2D eigenvalue weighted by atomic mass is 10.0. The summed E-state index contributed by atoms with van der Waals surface area (Å²) in [5.74, 6) is -0.176. The van der Waals surface area contributed by atoms with Gasteiger partial charge < -0.3 is 31.3 Å². The number of methoxy groups -OCH3 is 1. The van der Waals surface area contributed by atoms with Crippen molar-refractivity contribution < 1.29 is 34.1 Å². The van der Waals surface area contributed by atoms with Crippen molar-refractivity contribution in [3.8, 4) is 0 Å². The highest BCUT2D eigenvalue weighted by Gasteiger charge is 2.13. The average molecular weight is 557 g/mol. The molecule has 0 fully saturated rings. The molecule has 0 aliphatic rings. The highest BCUT2D eigenvalue weighted by molar-refractivity contribution is 7.15. The monoisotopic (exact) mass is 556 g/mol. The number of amides is 4.